The van der Waals surface area contributed by atoms with E-state index in [4.69, 9.17) is 4.74 Å². The third-order valence-electron chi connectivity index (χ3n) is 5.56. The first-order valence-corrected chi connectivity index (χ1v) is 9.99. The number of hydrogen-bond acceptors (Lipinski definition) is 2. The second kappa shape index (κ2) is 8.72. The van der Waals surface area contributed by atoms with Gasteiger partial charge >= 0.3 is 0 Å². The highest BCUT2D eigenvalue weighted by molar-refractivity contribution is 5.87. The van der Waals surface area contributed by atoms with Crippen LogP contribution in [0.4, 0.5) is 0 Å². The Morgan fingerprint density at radius 1 is 1.23 bits per heavy atom. The van der Waals surface area contributed by atoms with E-state index in [1.807, 2.05) is 4.90 Å². The molecule has 2 aromatic rings. The molecule has 1 aromatic carbocycles. The van der Waals surface area contributed by atoms with E-state index in [0.29, 0.717) is 19.1 Å². The SMILES string of the molecule is Cc1cccc2c1c(CCC(=O)N1CCCCCC(C)OCC1)cn2C. The average Bonchev–Trinajstić information content (AvgIpc) is 2.95. The summed E-state index contributed by atoms with van der Waals surface area (Å²) in [5.41, 5.74) is 3.81. The van der Waals surface area contributed by atoms with Crippen LogP contribution >= 0.6 is 0 Å². The quantitative estimate of drug-likeness (QED) is 0.825. The van der Waals surface area contributed by atoms with Crippen LogP contribution in [0.2, 0.25) is 0 Å². The van der Waals surface area contributed by atoms with Gasteiger partial charge in [-0.1, -0.05) is 25.0 Å². The van der Waals surface area contributed by atoms with Gasteiger partial charge in [-0.25, -0.2) is 0 Å². The van der Waals surface area contributed by atoms with Gasteiger partial charge in [0.1, 0.15) is 0 Å². The first kappa shape index (κ1) is 19.0. The van der Waals surface area contributed by atoms with Gasteiger partial charge in [-0.3, -0.25) is 4.79 Å². The average molecular weight is 357 g/mol. The van der Waals surface area contributed by atoms with Crippen molar-refractivity contribution in [3.05, 3.63) is 35.5 Å². The summed E-state index contributed by atoms with van der Waals surface area (Å²) in [6.07, 6.45) is 8.47. The molecule has 1 amide bonds. The summed E-state index contributed by atoms with van der Waals surface area (Å²) < 4.78 is 8.01. The van der Waals surface area contributed by atoms with E-state index >= 15 is 0 Å². The van der Waals surface area contributed by atoms with Crippen LogP contribution < -0.4 is 0 Å². The summed E-state index contributed by atoms with van der Waals surface area (Å²) in [6, 6.07) is 6.40. The van der Waals surface area contributed by atoms with Crippen LogP contribution in [0.1, 0.15) is 50.2 Å². The fourth-order valence-corrected chi connectivity index (χ4v) is 4.04. The van der Waals surface area contributed by atoms with Crippen molar-refractivity contribution < 1.29 is 9.53 Å². The number of aryl methyl sites for hydroxylation is 3. The number of carbonyl (C=O) groups is 1. The maximum absolute atomic E-state index is 12.8. The number of amides is 1. The van der Waals surface area contributed by atoms with E-state index in [1.165, 1.54) is 34.9 Å². The Kier molecular flexibility index (Phi) is 6.36. The van der Waals surface area contributed by atoms with Gasteiger partial charge in [0.25, 0.3) is 0 Å². The highest BCUT2D eigenvalue weighted by Gasteiger charge is 2.17. The van der Waals surface area contributed by atoms with Gasteiger partial charge in [0.15, 0.2) is 0 Å². The van der Waals surface area contributed by atoms with Crippen molar-refractivity contribution >= 4 is 16.8 Å². The van der Waals surface area contributed by atoms with Crippen LogP contribution in [0.3, 0.4) is 0 Å². The van der Waals surface area contributed by atoms with Gasteiger partial charge in [0.05, 0.1) is 12.7 Å². The fourth-order valence-electron chi connectivity index (χ4n) is 4.04. The Labute approximate surface area is 157 Å². The highest BCUT2D eigenvalue weighted by atomic mass is 16.5. The summed E-state index contributed by atoms with van der Waals surface area (Å²) in [6.45, 7) is 6.52. The normalized spacial score (nSPS) is 19.7. The molecule has 0 radical (unpaired) electrons. The molecule has 1 saturated heterocycles. The third kappa shape index (κ3) is 4.47. The van der Waals surface area contributed by atoms with Gasteiger partial charge in [0.2, 0.25) is 5.91 Å². The lowest BCUT2D eigenvalue weighted by Gasteiger charge is -2.25. The van der Waals surface area contributed by atoms with Gasteiger partial charge in [-0.05, 0) is 50.3 Å². The summed E-state index contributed by atoms with van der Waals surface area (Å²) in [7, 11) is 2.08. The number of fused-ring (bicyclic) bond motifs is 1. The minimum Gasteiger partial charge on any atom is -0.377 e. The lowest BCUT2D eigenvalue weighted by Crippen LogP contribution is -2.36. The first-order valence-electron chi connectivity index (χ1n) is 9.99. The zero-order valence-corrected chi connectivity index (χ0v) is 16.5. The molecule has 26 heavy (non-hydrogen) atoms. The van der Waals surface area contributed by atoms with Crippen LogP contribution in [-0.4, -0.2) is 41.2 Å². The van der Waals surface area contributed by atoms with Crippen LogP contribution in [0, 0.1) is 6.92 Å². The van der Waals surface area contributed by atoms with E-state index in [0.717, 1.165) is 32.4 Å². The maximum Gasteiger partial charge on any atom is 0.222 e. The summed E-state index contributed by atoms with van der Waals surface area (Å²) >= 11 is 0. The van der Waals surface area contributed by atoms with E-state index in [-0.39, 0.29) is 5.91 Å². The summed E-state index contributed by atoms with van der Waals surface area (Å²) in [5, 5.41) is 1.31. The molecule has 0 bridgehead atoms. The molecule has 142 valence electrons. The lowest BCUT2D eigenvalue weighted by atomic mass is 10.0. The number of nitrogens with zero attached hydrogens (tertiary/aromatic N) is 2. The van der Waals surface area contributed by atoms with Crippen molar-refractivity contribution in [2.75, 3.05) is 19.7 Å². The molecule has 1 aliphatic heterocycles. The van der Waals surface area contributed by atoms with E-state index in [9.17, 15) is 4.79 Å². The Bertz CT molecular complexity index is 750. The molecule has 0 aliphatic carbocycles. The van der Waals surface area contributed by atoms with Crippen molar-refractivity contribution in [2.24, 2.45) is 7.05 Å². The molecular formula is C22H32N2O2. The van der Waals surface area contributed by atoms with E-state index < -0.39 is 0 Å². The topological polar surface area (TPSA) is 34.5 Å². The Balaban J connectivity index is 1.64. The summed E-state index contributed by atoms with van der Waals surface area (Å²) in [5.74, 6) is 0.257. The number of hydrogen-bond donors (Lipinski definition) is 0. The van der Waals surface area contributed by atoms with E-state index in [1.54, 1.807) is 0 Å². The molecular weight excluding hydrogens is 324 g/mol. The zero-order chi connectivity index (χ0) is 18.5. The number of rotatable bonds is 3. The van der Waals surface area contributed by atoms with Crippen LogP contribution in [-0.2, 0) is 23.0 Å². The van der Waals surface area contributed by atoms with Crippen molar-refractivity contribution in [3.8, 4) is 0 Å². The third-order valence-corrected chi connectivity index (χ3v) is 5.56. The molecule has 1 aromatic heterocycles. The molecule has 1 aliphatic rings. The van der Waals surface area contributed by atoms with Crippen LogP contribution in [0.5, 0.6) is 0 Å². The number of benzene rings is 1. The molecule has 2 heterocycles. The molecule has 0 spiro atoms. The molecule has 3 rings (SSSR count). The molecule has 0 N–H and O–H groups in total. The van der Waals surface area contributed by atoms with Crippen molar-refractivity contribution in [1.82, 2.24) is 9.47 Å². The van der Waals surface area contributed by atoms with Gasteiger partial charge < -0.3 is 14.2 Å². The fraction of sp³-hybridized carbons (Fsp3) is 0.591. The highest BCUT2D eigenvalue weighted by Crippen LogP contribution is 2.25. The Morgan fingerprint density at radius 3 is 2.92 bits per heavy atom. The van der Waals surface area contributed by atoms with Crippen molar-refractivity contribution in [2.45, 2.75) is 58.5 Å². The van der Waals surface area contributed by atoms with Crippen LogP contribution in [0.15, 0.2) is 24.4 Å². The lowest BCUT2D eigenvalue weighted by molar-refractivity contribution is -0.132. The smallest absolute Gasteiger partial charge is 0.222 e. The molecule has 1 fully saturated rings. The van der Waals surface area contributed by atoms with Gasteiger partial charge in [-0.2, -0.15) is 0 Å². The second-order valence-electron chi connectivity index (χ2n) is 7.65. The summed E-state index contributed by atoms with van der Waals surface area (Å²) in [4.78, 5) is 14.8. The number of aromatic nitrogens is 1. The molecule has 4 heteroatoms. The van der Waals surface area contributed by atoms with Crippen molar-refractivity contribution in [3.63, 3.8) is 0 Å². The minimum absolute atomic E-state index is 0.257. The Morgan fingerprint density at radius 2 is 2.08 bits per heavy atom. The first-order chi connectivity index (χ1) is 12.6. The molecule has 1 atom stereocenters. The standard InChI is InChI=1S/C22H32N2O2/c1-17-8-7-10-20-22(17)19(16-23(20)3)11-12-21(25)24-13-6-4-5-9-18(2)26-15-14-24/h7-8,10,16,18H,4-6,9,11-15H2,1-3H3. The monoisotopic (exact) mass is 356 g/mol. The minimum atomic E-state index is 0.257. The predicted molar refractivity (Wildman–Crippen MR) is 106 cm³/mol. The largest absolute Gasteiger partial charge is 0.377 e. The molecule has 4 nitrogen and oxygen atoms in total. The second-order valence-corrected chi connectivity index (χ2v) is 7.65. The number of ether oxygens (including phenoxy) is 1. The van der Waals surface area contributed by atoms with Gasteiger partial charge in [0, 0.05) is 43.7 Å². The molecule has 0 saturated carbocycles. The maximum atomic E-state index is 12.8. The van der Waals surface area contributed by atoms with Crippen LogP contribution in [0.25, 0.3) is 10.9 Å². The predicted octanol–water partition coefficient (Wildman–Crippen LogP) is 4.23. The zero-order valence-electron chi connectivity index (χ0n) is 16.5. The number of carbonyl (C=O) groups excluding carboxylic acids is 1. The van der Waals surface area contributed by atoms with Crippen molar-refractivity contribution in [1.29, 1.82) is 0 Å². The molecule has 1 unspecified atom stereocenters. The van der Waals surface area contributed by atoms with E-state index in [2.05, 4.69) is 49.9 Å². The Hall–Kier alpha value is -1.81. The van der Waals surface area contributed by atoms with Gasteiger partial charge in [-0.15, -0.1) is 0 Å².